The molecular formula is C25H21N3O6S. The van der Waals surface area contributed by atoms with Crippen LogP contribution in [0.4, 0.5) is 0 Å². The van der Waals surface area contributed by atoms with Crippen LogP contribution in [0.2, 0.25) is 0 Å². The van der Waals surface area contributed by atoms with Crippen LogP contribution in [0.3, 0.4) is 0 Å². The maximum absolute atomic E-state index is 13.6. The molecule has 1 aliphatic rings. The van der Waals surface area contributed by atoms with Gasteiger partial charge in [-0.2, -0.15) is 5.26 Å². The molecule has 178 valence electrons. The molecule has 2 heterocycles. The highest BCUT2D eigenvalue weighted by molar-refractivity contribution is 7.07. The minimum atomic E-state index is -0.847. The summed E-state index contributed by atoms with van der Waals surface area (Å²) in [5.74, 6) is -0.0241. The van der Waals surface area contributed by atoms with Gasteiger partial charge in [-0.3, -0.25) is 9.36 Å². The molecule has 35 heavy (non-hydrogen) atoms. The van der Waals surface area contributed by atoms with Gasteiger partial charge in [0.25, 0.3) is 5.56 Å². The van der Waals surface area contributed by atoms with E-state index >= 15 is 0 Å². The Bertz CT molecular complexity index is 1560. The second kappa shape index (κ2) is 9.87. The quantitative estimate of drug-likeness (QED) is 0.524. The van der Waals surface area contributed by atoms with Crippen LogP contribution in [-0.2, 0) is 9.53 Å². The van der Waals surface area contributed by atoms with Crippen LogP contribution >= 0.6 is 11.3 Å². The third-order valence-corrected chi connectivity index (χ3v) is 6.43. The zero-order chi connectivity index (χ0) is 25.1. The average molecular weight is 492 g/mol. The molecule has 0 saturated carbocycles. The number of carbonyl (C=O) groups excluding carboxylic acids is 1. The molecule has 0 bridgehead atoms. The number of methoxy groups -OCH3 is 2. The number of aromatic nitrogens is 1. The monoisotopic (exact) mass is 491 g/mol. The molecule has 1 aliphatic heterocycles. The first-order chi connectivity index (χ1) is 16.9. The number of hydrogen-bond acceptors (Lipinski definition) is 9. The van der Waals surface area contributed by atoms with Gasteiger partial charge in [0.05, 0.1) is 36.1 Å². The fourth-order valence-corrected chi connectivity index (χ4v) is 4.89. The summed E-state index contributed by atoms with van der Waals surface area (Å²) in [6, 6.07) is 12.8. The lowest BCUT2D eigenvalue weighted by Gasteiger charge is -2.24. The first-order valence-electron chi connectivity index (χ1n) is 10.5. The predicted molar refractivity (Wildman–Crippen MR) is 128 cm³/mol. The highest BCUT2D eigenvalue weighted by Crippen LogP contribution is 2.35. The molecule has 0 fully saturated rings. The van der Waals surface area contributed by atoms with Gasteiger partial charge in [0, 0.05) is 5.56 Å². The van der Waals surface area contributed by atoms with E-state index in [-0.39, 0.29) is 29.2 Å². The Hall–Kier alpha value is -4.36. The van der Waals surface area contributed by atoms with Crippen molar-refractivity contribution in [3.63, 3.8) is 0 Å². The minimum Gasteiger partial charge on any atom is -0.504 e. The standard InChI is InChI=1S/C25H21N3O6S/c1-14-21(24(31)33-3)22(16-8-9-17(29)19(12-16)32-2)28-23(30)20(35-25(28)27-14)13-15-6-4-5-7-18(15)34-11-10-26/h4-9,12-13,22,29H,11H2,1-3H3/b20-13+/t22-/m0/s1. The number of thiazole rings is 1. The number of benzene rings is 2. The van der Waals surface area contributed by atoms with Crippen LogP contribution in [0.5, 0.6) is 17.2 Å². The van der Waals surface area contributed by atoms with E-state index in [0.29, 0.717) is 31.9 Å². The van der Waals surface area contributed by atoms with E-state index in [2.05, 4.69) is 4.99 Å². The molecule has 0 saturated heterocycles. The third kappa shape index (κ3) is 4.41. The number of nitrogens with zero attached hydrogens (tertiary/aromatic N) is 3. The zero-order valence-corrected chi connectivity index (χ0v) is 20.0. The minimum absolute atomic E-state index is 0.0713. The van der Waals surface area contributed by atoms with Crippen LogP contribution in [0.25, 0.3) is 6.08 Å². The molecule has 1 atom stereocenters. The van der Waals surface area contributed by atoms with Gasteiger partial charge in [-0.15, -0.1) is 0 Å². The van der Waals surface area contributed by atoms with Crippen molar-refractivity contribution in [1.29, 1.82) is 5.26 Å². The number of allylic oxidation sites excluding steroid dienone is 1. The maximum atomic E-state index is 13.6. The summed E-state index contributed by atoms with van der Waals surface area (Å²) in [4.78, 5) is 31.3. The van der Waals surface area contributed by atoms with E-state index in [4.69, 9.17) is 19.5 Å². The van der Waals surface area contributed by atoms with Crippen molar-refractivity contribution in [1.82, 2.24) is 4.57 Å². The summed E-state index contributed by atoms with van der Waals surface area (Å²) >= 11 is 1.17. The Morgan fingerprint density at radius 2 is 2.03 bits per heavy atom. The SMILES string of the molecule is COC(=O)C1=C(C)N=c2s/c(=C/c3ccccc3OCC#N)c(=O)n2[C@H]1c1ccc(O)c(OC)c1. The maximum Gasteiger partial charge on any atom is 0.338 e. The molecule has 0 amide bonds. The summed E-state index contributed by atoms with van der Waals surface area (Å²) in [6.07, 6.45) is 1.67. The Morgan fingerprint density at radius 1 is 1.26 bits per heavy atom. The highest BCUT2D eigenvalue weighted by atomic mass is 32.1. The lowest BCUT2D eigenvalue weighted by Crippen LogP contribution is -2.39. The Labute approximate surface area is 204 Å². The van der Waals surface area contributed by atoms with Gasteiger partial charge in [-0.05, 0) is 36.8 Å². The fourth-order valence-electron chi connectivity index (χ4n) is 3.85. The molecule has 1 N–H and O–H groups in total. The number of esters is 1. The van der Waals surface area contributed by atoms with Gasteiger partial charge in [0.1, 0.15) is 11.8 Å². The van der Waals surface area contributed by atoms with E-state index in [1.54, 1.807) is 49.4 Å². The van der Waals surface area contributed by atoms with Gasteiger partial charge in [-0.25, -0.2) is 9.79 Å². The van der Waals surface area contributed by atoms with E-state index in [1.807, 2.05) is 6.07 Å². The van der Waals surface area contributed by atoms with E-state index in [1.165, 1.54) is 36.2 Å². The van der Waals surface area contributed by atoms with Gasteiger partial charge in [-0.1, -0.05) is 35.6 Å². The Balaban J connectivity index is 1.96. The summed E-state index contributed by atoms with van der Waals surface area (Å²) in [5, 5.41) is 18.9. The molecule has 0 aliphatic carbocycles. The molecule has 2 aromatic carbocycles. The highest BCUT2D eigenvalue weighted by Gasteiger charge is 2.33. The van der Waals surface area contributed by atoms with Gasteiger partial charge >= 0.3 is 5.97 Å². The van der Waals surface area contributed by atoms with Gasteiger partial charge < -0.3 is 19.3 Å². The smallest absolute Gasteiger partial charge is 0.338 e. The van der Waals surface area contributed by atoms with E-state index in [0.717, 1.165) is 0 Å². The molecule has 3 aromatic rings. The third-order valence-electron chi connectivity index (χ3n) is 5.44. The number of para-hydroxylation sites is 1. The van der Waals surface area contributed by atoms with Crippen molar-refractivity contribution in [2.75, 3.05) is 20.8 Å². The van der Waals surface area contributed by atoms with Crippen molar-refractivity contribution >= 4 is 23.4 Å². The predicted octanol–water partition coefficient (Wildman–Crippen LogP) is 2.02. The fraction of sp³-hybridized carbons (Fsp3) is 0.200. The van der Waals surface area contributed by atoms with Crippen molar-refractivity contribution in [3.8, 4) is 23.3 Å². The molecule has 0 radical (unpaired) electrons. The molecular weight excluding hydrogens is 470 g/mol. The molecule has 9 nitrogen and oxygen atoms in total. The van der Waals surface area contributed by atoms with Crippen molar-refractivity contribution < 1.29 is 24.1 Å². The molecule has 0 unspecified atom stereocenters. The summed E-state index contributed by atoms with van der Waals surface area (Å²) < 4.78 is 17.5. The second-order valence-corrected chi connectivity index (χ2v) is 8.50. The number of nitriles is 1. The summed E-state index contributed by atoms with van der Waals surface area (Å²) in [5.41, 5.74) is 1.42. The molecule has 4 rings (SSSR count). The number of aromatic hydroxyl groups is 1. The number of hydrogen-bond donors (Lipinski definition) is 1. The van der Waals surface area contributed by atoms with Crippen LogP contribution in [-0.4, -0.2) is 36.5 Å². The van der Waals surface area contributed by atoms with Crippen LogP contribution in [0, 0.1) is 11.3 Å². The zero-order valence-electron chi connectivity index (χ0n) is 19.1. The number of carbonyl (C=O) groups is 1. The second-order valence-electron chi connectivity index (χ2n) is 7.49. The topological polar surface area (TPSA) is 123 Å². The van der Waals surface area contributed by atoms with Crippen molar-refractivity contribution in [2.45, 2.75) is 13.0 Å². The molecule has 1 aromatic heterocycles. The van der Waals surface area contributed by atoms with E-state index < -0.39 is 12.0 Å². The number of ether oxygens (including phenoxy) is 3. The van der Waals surface area contributed by atoms with Gasteiger partial charge in [0.2, 0.25) is 0 Å². The molecule has 10 heteroatoms. The number of rotatable bonds is 6. The van der Waals surface area contributed by atoms with Crippen LogP contribution < -0.4 is 24.4 Å². The number of phenolic OH excluding ortho intramolecular Hbond substituents is 1. The summed E-state index contributed by atoms with van der Waals surface area (Å²) in [6.45, 7) is 1.55. The normalized spacial score (nSPS) is 15.1. The Kier molecular flexibility index (Phi) is 6.71. The Morgan fingerprint density at radius 3 is 2.74 bits per heavy atom. The number of fused-ring (bicyclic) bond motifs is 1. The first-order valence-corrected chi connectivity index (χ1v) is 11.3. The van der Waals surface area contributed by atoms with E-state index in [9.17, 15) is 14.7 Å². The van der Waals surface area contributed by atoms with Crippen LogP contribution in [0.1, 0.15) is 24.1 Å². The molecule has 0 spiro atoms. The van der Waals surface area contributed by atoms with Gasteiger partial charge in [0.15, 0.2) is 22.9 Å². The van der Waals surface area contributed by atoms with Crippen LogP contribution in [0.15, 0.2) is 63.5 Å². The lowest BCUT2D eigenvalue weighted by molar-refractivity contribution is -0.136. The van der Waals surface area contributed by atoms with Crippen molar-refractivity contribution in [2.24, 2.45) is 4.99 Å². The number of phenols is 1. The first kappa shape index (κ1) is 23.8. The van der Waals surface area contributed by atoms with Crippen molar-refractivity contribution in [3.05, 3.63) is 84.5 Å². The summed E-state index contributed by atoms with van der Waals surface area (Å²) in [7, 11) is 2.68. The largest absolute Gasteiger partial charge is 0.504 e. The average Bonchev–Trinajstić information content (AvgIpc) is 3.16. The lowest BCUT2D eigenvalue weighted by atomic mass is 9.95.